The maximum atomic E-state index is 12.6. The molecule has 1 rings (SSSR count). The van der Waals surface area contributed by atoms with Gasteiger partial charge in [-0.1, -0.05) is 18.2 Å². The number of aryl methyl sites for hydroxylation is 1. The summed E-state index contributed by atoms with van der Waals surface area (Å²) in [4.78, 5) is 0.343. The van der Waals surface area contributed by atoms with Crippen LogP contribution in [0.4, 0.5) is 0 Å². The Balaban J connectivity index is 2.90. The van der Waals surface area contributed by atoms with Crippen LogP contribution in [-0.4, -0.2) is 38.9 Å². The first-order valence-electron chi connectivity index (χ1n) is 7.29. The Morgan fingerprint density at radius 3 is 2.38 bits per heavy atom. The van der Waals surface area contributed by atoms with Gasteiger partial charge in [0.25, 0.3) is 0 Å². The fourth-order valence-corrected chi connectivity index (χ4v) is 3.75. The van der Waals surface area contributed by atoms with E-state index < -0.39 is 10.0 Å². The van der Waals surface area contributed by atoms with Crippen LogP contribution in [0.3, 0.4) is 0 Å². The van der Waals surface area contributed by atoms with Crippen LogP contribution in [0.1, 0.15) is 25.8 Å². The molecule has 0 aliphatic rings. The topological polar surface area (TPSA) is 49.4 Å². The maximum absolute atomic E-state index is 12.6. The van der Waals surface area contributed by atoms with Gasteiger partial charge >= 0.3 is 0 Å². The van der Waals surface area contributed by atoms with E-state index in [9.17, 15) is 8.42 Å². The Hall–Kier alpha value is -1.17. The Morgan fingerprint density at radius 2 is 1.90 bits per heavy atom. The molecule has 0 aliphatic heterocycles. The highest BCUT2D eigenvalue weighted by atomic mass is 32.2. The molecule has 5 heteroatoms. The lowest BCUT2D eigenvalue weighted by atomic mass is 10.1. The first-order chi connectivity index (χ1) is 9.93. The number of nitrogens with zero attached hydrogens (tertiary/aromatic N) is 1. The minimum atomic E-state index is -3.45. The fourth-order valence-electron chi connectivity index (χ4n) is 2.15. The van der Waals surface area contributed by atoms with Gasteiger partial charge in [-0.25, -0.2) is 8.42 Å². The standard InChI is InChI=1S/C16H26N2O2S/c1-5-13-18(14(2)3)21(19,20)16-10-8-15(9-11-16)7-6-12-17-4/h5,8-11,14,17H,1,6-7,12-13H2,2-4H3. The van der Waals surface area contributed by atoms with Crippen molar-refractivity contribution in [3.63, 3.8) is 0 Å². The highest BCUT2D eigenvalue weighted by Gasteiger charge is 2.25. The highest BCUT2D eigenvalue weighted by molar-refractivity contribution is 7.89. The largest absolute Gasteiger partial charge is 0.320 e. The third-order valence-electron chi connectivity index (χ3n) is 3.31. The molecule has 0 unspecified atom stereocenters. The van der Waals surface area contributed by atoms with Crippen molar-refractivity contribution in [1.82, 2.24) is 9.62 Å². The number of sulfonamides is 1. The Morgan fingerprint density at radius 1 is 1.29 bits per heavy atom. The molecule has 21 heavy (non-hydrogen) atoms. The van der Waals surface area contributed by atoms with Crippen molar-refractivity contribution in [2.45, 2.75) is 37.6 Å². The van der Waals surface area contributed by atoms with Gasteiger partial charge in [0.2, 0.25) is 10.0 Å². The lowest BCUT2D eigenvalue weighted by Gasteiger charge is -2.24. The van der Waals surface area contributed by atoms with Crippen molar-refractivity contribution in [2.75, 3.05) is 20.1 Å². The zero-order chi connectivity index (χ0) is 15.9. The molecule has 1 aromatic carbocycles. The zero-order valence-corrected chi connectivity index (χ0v) is 14.0. The first kappa shape index (κ1) is 17.9. The van der Waals surface area contributed by atoms with Crippen LogP contribution >= 0.6 is 0 Å². The molecule has 1 N–H and O–H groups in total. The fraction of sp³-hybridized carbons (Fsp3) is 0.500. The molecule has 0 radical (unpaired) electrons. The van der Waals surface area contributed by atoms with E-state index >= 15 is 0 Å². The summed E-state index contributed by atoms with van der Waals surface area (Å²) in [6.45, 7) is 8.65. The van der Waals surface area contributed by atoms with Gasteiger partial charge in [-0.05, 0) is 58.0 Å². The van der Waals surface area contributed by atoms with E-state index in [0.29, 0.717) is 11.4 Å². The number of hydrogen-bond donors (Lipinski definition) is 1. The van der Waals surface area contributed by atoms with Gasteiger partial charge in [0.15, 0.2) is 0 Å². The van der Waals surface area contributed by atoms with Gasteiger partial charge in [0, 0.05) is 12.6 Å². The normalized spacial score (nSPS) is 12.0. The van der Waals surface area contributed by atoms with Crippen molar-refractivity contribution in [3.8, 4) is 0 Å². The number of nitrogens with one attached hydrogen (secondary N) is 1. The number of benzene rings is 1. The van der Waals surface area contributed by atoms with Crippen LogP contribution < -0.4 is 5.32 Å². The lowest BCUT2D eigenvalue weighted by Crippen LogP contribution is -2.36. The third-order valence-corrected chi connectivity index (χ3v) is 5.36. The van der Waals surface area contributed by atoms with Gasteiger partial charge in [-0.2, -0.15) is 4.31 Å². The van der Waals surface area contributed by atoms with Gasteiger partial charge in [-0.15, -0.1) is 6.58 Å². The quantitative estimate of drug-likeness (QED) is 0.563. The van der Waals surface area contributed by atoms with Gasteiger partial charge in [-0.3, -0.25) is 0 Å². The minimum Gasteiger partial charge on any atom is -0.320 e. The van der Waals surface area contributed by atoms with E-state index in [2.05, 4.69) is 11.9 Å². The average Bonchev–Trinajstić information content (AvgIpc) is 2.45. The Labute approximate surface area is 128 Å². The highest BCUT2D eigenvalue weighted by Crippen LogP contribution is 2.19. The Bertz CT molecular complexity index is 536. The van der Waals surface area contributed by atoms with Gasteiger partial charge in [0.1, 0.15) is 0 Å². The van der Waals surface area contributed by atoms with E-state index in [0.717, 1.165) is 24.9 Å². The molecule has 1 aromatic rings. The summed E-state index contributed by atoms with van der Waals surface area (Å²) in [5.41, 5.74) is 1.16. The molecule has 0 bridgehead atoms. The molecule has 0 aromatic heterocycles. The molecule has 4 nitrogen and oxygen atoms in total. The van der Waals surface area contributed by atoms with E-state index in [1.54, 1.807) is 18.2 Å². The first-order valence-corrected chi connectivity index (χ1v) is 8.73. The molecule has 0 saturated carbocycles. The maximum Gasteiger partial charge on any atom is 0.243 e. The smallest absolute Gasteiger partial charge is 0.243 e. The van der Waals surface area contributed by atoms with Crippen LogP contribution in [0.5, 0.6) is 0 Å². The van der Waals surface area contributed by atoms with E-state index in [-0.39, 0.29) is 6.04 Å². The van der Waals surface area contributed by atoms with E-state index in [1.807, 2.05) is 33.0 Å². The molecular weight excluding hydrogens is 284 g/mol. The predicted octanol–water partition coefficient (Wildman–Crippen LogP) is 2.42. The molecule has 0 spiro atoms. The monoisotopic (exact) mass is 310 g/mol. The van der Waals surface area contributed by atoms with Gasteiger partial charge < -0.3 is 5.32 Å². The van der Waals surface area contributed by atoms with E-state index in [1.165, 1.54) is 4.31 Å². The second kappa shape index (κ2) is 8.32. The summed E-state index contributed by atoms with van der Waals surface area (Å²) in [7, 11) is -1.53. The Kier molecular flexibility index (Phi) is 7.08. The molecular formula is C16H26N2O2S. The van der Waals surface area contributed by atoms with Crippen LogP contribution in [0, 0.1) is 0 Å². The molecule has 118 valence electrons. The summed E-state index contributed by atoms with van der Waals surface area (Å²) in [6, 6.07) is 7.10. The second-order valence-electron chi connectivity index (χ2n) is 5.31. The zero-order valence-electron chi connectivity index (χ0n) is 13.2. The summed E-state index contributed by atoms with van der Waals surface area (Å²) >= 11 is 0. The molecule has 0 heterocycles. The summed E-state index contributed by atoms with van der Waals surface area (Å²) in [5, 5.41) is 3.10. The number of hydrogen-bond acceptors (Lipinski definition) is 3. The van der Waals surface area contributed by atoms with Crippen molar-refractivity contribution in [1.29, 1.82) is 0 Å². The van der Waals surface area contributed by atoms with Crippen molar-refractivity contribution >= 4 is 10.0 Å². The summed E-state index contributed by atoms with van der Waals surface area (Å²) in [5.74, 6) is 0. The van der Waals surface area contributed by atoms with E-state index in [4.69, 9.17) is 0 Å². The number of rotatable bonds is 9. The van der Waals surface area contributed by atoms with Crippen LogP contribution in [0.25, 0.3) is 0 Å². The lowest BCUT2D eigenvalue weighted by molar-refractivity contribution is 0.383. The molecule has 0 saturated heterocycles. The van der Waals surface area contributed by atoms with Gasteiger partial charge in [0.05, 0.1) is 4.90 Å². The third kappa shape index (κ3) is 4.95. The average molecular weight is 310 g/mol. The van der Waals surface area contributed by atoms with Crippen LogP contribution in [0.15, 0.2) is 41.8 Å². The van der Waals surface area contributed by atoms with Crippen molar-refractivity contribution < 1.29 is 8.42 Å². The van der Waals surface area contributed by atoms with Crippen molar-refractivity contribution in [2.24, 2.45) is 0 Å². The van der Waals surface area contributed by atoms with Crippen LogP contribution in [0.2, 0.25) is 0 Å². The molecule has 0 amide bonds. The minimum absolute atomic E-state index is 0.0942. The van der Waals surface area contributed by atoms with Crippen molar-refractivity contribution in [3.05, 3.63) is 42.5 Å². The molecule has 0 fully saturated rings. The SMILES string of the molecule is C=CCN(C(C)C)S(=O)(=O)c1ccc(CCCNC)cc1. The molecule has 0 atom stereocenters. The van der Waals surface area contributed by atoms with Crippen LogP contribution in [-0.2, 0) is 16.4 Å². The summed E-state index contributed by atoms with van der Waals surface area (Å²) in [6.07, 6.45) is 3.60. The summed E-state index contributed by atoms with van der Waals surface area (Å²) < 4.78 is 26.7. The second-order valence-corrected chi connectivity index (χ2v) is 7.20. The molecule has 0 aliphatic carbocycles. The predicted molar refractivity (Wildman–Crippen MR) is 87.9 cm³/mol.